The summed E-state index contributed by atoms with van der Waals surface area (Å²) in [7, 11) is 0. The van der Waals surface area contributed by atoms with Gasteiger partial charge in [-0.2, -0.15) is 5.10 Å². The molecule has 1 rings (SSSR count). The number of nitrogens with two attached hydrogens (primary N) is 2. The van der Waals surface area contributed by atoms with Crippen molar-refractivity contribution in [3.8, 4) is 0 Å². The summed E-state index contributed by atoms with van der Waals surface area (Å²) in [5.74, 6) is -0.484. The van der Waals surface area contributed by atoms with E-state index in [2.05, 4.69) is 5.10 Å². The molecule has 1 aromatic heterocycles. The Morgan fingerprint density at radius 1 is 1.69 bits per heavy atom. The van der Waals surface area contributed by atoms with E-state index in [1.807, 2.05) is 6.92 Å². The van der Waals surface area contributed by atoms with Crippen LogP contribution in [0, 0.1) is 6.92 Å². The number of carbonyl (C=O) groups is 1. The Morgan fingerprint density at radius 3 is 2.75 bits per heavy atom. The van der Waals surface area contributed by atoms with Crippen LogP contribution in [0.3, 0.4) is 0 Å². The molecule has 4 N–H and O–H groups in total. The maximum atomic E-state index is 11.0. The summed E-state index contributed by atoms with van der Waals surface area (Å²) in [6.45, 7) is 4.21. The van der Waals surface area contributed by atoms with E-state index in [-0.39, 0.29) is 0 Å². The smallest absolute Gasteiger partial charge is 0.237 e. The van der Waals surface area contributed by atoms with Gasteiger partial charge in [0.1, 0.15) is 0 Å². The molecule has 0 fully saturated rings. The van der Waals surface area contributed by atoms with Crippen LogP contribution in [0.5, 0.6) is 0 Å². The standard InChI is InChI=1S/C10H17ClN4O/c1-7-8(11)6-14-15(7)5-3-4-10(2,13)9(12)16/h6H,3-5,13H2,1-2H3,(H2,12,16). The SMILES string of the molecule is Cc1c(Cl)cnn1CCCC(C)(N)C(N)=O. The average Bonchev–Trinajstić information content (AvgIpc) is 2.49. The lowest BCUT2D eigenvalue weighted by atomic mass is 9.96. The van der Waals surface area contributed by atoms with Crippen LogP contribution >= 0.6 is 11.6 Å². The van der Waals surface area contributed by atoms with E-state index in [1.165, 1.54) is 0 Å². The lowest BCUT2D eigenvalue weighted by Crippen LogP contribution is -2.49. The number of hydrogen-bond donors (Lipinski definition) is 2. The number of nitrogens with zero attached hydrogens (tertiary/aromatic N) is 2. The van der Waals surface area contributed by atoms with Crippen LogP contribution in [-0.2, 0) is 11.3 Å². The summed E-state index contributed by atoms with van der Waals surface area (Å²) >= 11 is 5.87. The highest BCUT2D eigenvalue weighted by Crippen LogP contribution is 2.15. The third kappa shape index (κ3) is 2.96. The first kappa shape index (κ1) is 13.0. The van der Waals surface area contributed by atoms with Crippen molar-refractivity contribution in [2.24, 2.45) is 11.5 Å². The molecule has 0 radical (unpaired) electrons. The highest BCUT2D eigenvalue weighted by molar-refractivity contribution is 6.31. The summed E-state index contributed by atoms with van der Waals surface area (Å²) < 4.78 is 1.79. The molecule has 16 heavy (non-hydrogen) atoms. The molecule has 0 saturated heterocycles. The predicted octanol–water partition coefficient (Wildman–Crippen LogP) is 0.828. The van der Waals surface area contributed by atoms with Crippen molar-refractivity contribution in [2.75, 3.05) is 0 Å². The van der Waals surface area contributed by atoms with E-state index in [0.717, 1.165) is 12.1 Å². The predicted molar refractivity (Wildman–Crippen MR) is 63.0 cm³/mol. The maximum absolute atomic E-state index is 11.0. The van der Waals surface area contributed by atoms with Crippen LogP contribution in [0.25, 0.3) is 0 Å². The minimum Gasteiger partial charge on any atom is -0.368 e. The van der Waals surface area contributed by atoms with Crippen LogP contribution < -0.4 is 11.5 Å². The van der Waals surface area contributed by atoms with E-state index in [4.69, 9.17) is 23.1 Å². The molecule has 0 aliphatic carbocycles. The van der Waals surface area contributed by atoms with Crippen molar-refractivity contribution >= 4 is 17.5 Å². The number of aromatic nitrogens is 2. The summed E-state index contributed by atoms with van der Waals surface area (Å²) in [6, 6.07) is 0. The Morgan fingerprint density at radius 2 is 2.31 bits per heavy atom. The molecule has 5 nitrogen and oxygen atoms in total. The second-order valence-corrected chi connectivity index (χ2v) is 4.59. The molecule has 1 heterocycles. The van der Waals surface area contributed by atoms with Crippen LogP contribution in [-0.4, -0.2) is 21.2 Å². The van der Waals surface area contributed by atoms with E-state index in [0.29, 0.717) is 18.0 Å². The number of aryl methyl sites for hydroxylation is 1. The van der Waals surface area contributed by atoms with E-state index in [9.17, 15) is 4.79 Å². The number of rotatable bonds is 5. The van der Waals surface area contributed by atoms with Gasteiger partial charge in [0.25, 0.3) is 0 Å². The van der Waals surface area contributed by atoms with E-state index in [1.54, 1.807) is 17.8 Å². The van der Waals surface area contributed by atoms with E-state index >= 15 is 0 Å². The molecule has 1 amide bonds. The highest BCUT2D eigenvalue weighted by atomic mass is 35.5. The molecular weight excluding hydrogens is 228 g/mol. The Kier molecular flexibility index (Phi) is 3.93. The summed E-state index contributed by atoms with van der Waals surface area (Å²) in [6.07, 6.45) is 2.86. The van der Waals surface area contributed by atoms with Crippen molar-refractivity contribution in [1.29, 1.82) is 0 Å². The molecular formula is C10H17ClN4O. The van der Waals surface area contributed by atoms with Gasteiger partial charge in [-0.1, -0.05) is 11.6 Å². The number of hydrogen-bond acceptors (Lipinski definition) is 3. The fourth-order valence-electron chi connectivity index (χ4n) is 1.37. The normalized spacial score (nSPS) is 14.8. The van der Waals surface area contributed by atoms with Crippen molar-refractivity contribution < 1.29 is 4.79 Å². The van der Waals surface area contributed by atoms with Gasteiger partial charge in [0.15, 0.2) is 0 Å². The number of halogens is 1. The third-order valence-electron chi connectivity index (χ3n) is 2.67. The quantitative estimate of drug-likeness (QED) is 0.804. The van der Waals surface area contributed by atoms with E-state index < -0.39 is 11.4 Å². The first-order valence-electron chi connectivity index (χ1n) is 5.11. The minimum absolute atomic E-state index is 0.484. The van der Waals surface area contributed by atoms with Gasteiger partial charge >= 0.3 is 0 Å². The highest BCUT2D eigenvalue weighted by Gasteiger charge is 2.24. The monoisotopic (exact) mass is 244 g/mol. The zero-order chi connectivity index (χ0) is 12.3. The Balaban J connectivity index is 2.48. The Labute approximate surface area is 99.7 Å². The molecule has 0 aromatic carbocycles. The fraction of sp³-hybridized carbons (Fsp3) is 0.600. The lowest BCUT2D eigenvalue weighted by molar-refractivity contribution is -0.122. The summed E-state index contributed by atoms with van der Waals surface area (Å²) in [4.78, 5) is 11.0. The third-order valence-corrected chi connectivity index (χ3v) is 3.04. The van der Waals surface area contributed by atoms with Crippen molar-refractivity contribution in [1.82, 2.24) is 9.78 Å². The van der Waals surface area contributed by atoms with Crippen LogP contribution in [0.4, 0.5) is 0 Å². The van der Waals surface area contributed by atoms with Gasteiger partial charge < -0.3 is 11.5 Å². The lowest BCUT2D eigenvalue weighted by Gasteiger charge is -2.20. The second-order valence-electron chi connectivity index (χ2n) is 4.19. The molecule has 1 atom stereocenters. The maximum Gasteiger partial charge on any atom is 0.237 e. The Bertz CT molecular complexity index is 386. The number of amides is 1. The largest absolute Gasteiger partial charge is 0.368 e. The molecule has 1 aromatic rings. The van der Waals surface area contributed by atoms with Gasteiger partial charge in [-0.3, -0.25) is 9.48 Å². The topological polar surface area (TPSA) is 86.9 Å². The summed E-state index contributed by atoms with van der Waals surface area (Å²) in [5, 5.41) is 4.75. The van der Waals surface area contributed by atoms with Gasteiger partial charge in [0, 0.05) is 6.54 Å². The van der Waals surface area contributed by atoms with Gasteiger partial charge in [0.05, 0.1) is 22.5 Å². The summed E-state index contributed by atoms with van der Waals surface area (Å²) in [5.41, 5.74) is 10.9. The van der Waals surface area contributed by atoms with Gasteiger partial charge in [-0.15, -0.1) is 0 Å². The van der Waals surface area contributed by atoms with Gasteiger partial charge in [-0.05, 0) is 26.7 Å². The van der Waals surface area contributed by atoms with Gasteiger partial charge in [-0.25, -0.2) is 0 Å². The minimum atomic E-state index is -0.954. The fourth-order valence-corrected chi connectivity index (χ4v) is 1.51. The first-order chi connectivity index (χ1) is 7.34. The average molecular weight is 245 g/mol. The van der Waals surface area contributed by atoms with Crippen molar-refractivity contribution in [3.63, 3.8) is 0 Å². The molecule has 0 spiro atoms. The molecule has 90 valence electrons. The molecule has 0 saturated carbocycles. The van der Waals surface area contributed by atoms with Crippen LogP contribution in [0.1, 0.15) is 25.5 Å². The molecule has 1 unspecified atom stereocenters. The van der Waals surface area contributed by atoms with Crippen molar-refractivity contribution in [2.45, 2.75) is 38.8 Å². The number of primary amides is 1. The van der Waals surface area contributed by atoms with Crippen molar-refractivity contribution in [3.05, 3.63) is 16.9 Å². The molecule has 0 aliphatic heterocycles. The van der Waals surface area contributed by atoms with Crippen LogP contribution in [0.2, 0.25) is 5.02 Å². The molecule has 0 aliphatic rings. The molecule has 0 bridgehead atoms. The zero-order valence-corrected chi connectivity index (χ0v) is 10.3. The first-order valence-corrected chi connectivity index (χ1v) is 5.49. The number of carbonyl (C=O) groups excluding carboxylic acids is 1. The Hall–Kier alpha value is -1.07. The van der Waals surface area contributed by atoms with Crippen LogP contribution in [0.15, 0.2) is 6.20 Å². The second kappa shape index (κ2) is 4.84. The van der Waals surface area contributed by atoms with Gasteiger partial charge in [0.2, 0.25) is 5.91 Å². The molecule has 6 heteroatoms. The zero-order valence-electron chi connectivity index (χ0n) is 9.53.